The number of aliphatic hydroxyl groups excluding tert-OH is 1. The molecule has 1 nitrogen and oxygen atoms in total. The molecule has 9 heavy (non-hydrogen) atoms. The minimum Gasteiger partial charge on any atom is -0.393 e. The molecule has 0 saturated carbocycles. The van der Waals surface area contributed by atoms with E-state index < -0.39 is 0 Å². The summed E-state index contributed by atoms with van der Waals surface area (Å²) in [4.78, 5) is 0. The molecule has 1 unspecified atom stereocenters. The molecule has 0 aliphatic rings. The normalized spacial score (nSPS) is 13.1. The van der Waals surface area contributed by atoms with Crippen LogP contribution in [0.2, 0.25) is 0 Å². The van der Waals surface area contributed by atoms with Gasteiger partial charge in [-0.1, -0.05) is 19.4 Å². The van der Waals surface area contributed by atoms with Gasteiger partial charge in [-0.3, -0.25) is 0 Å². The van der Waals surface area contributed by atoms with Gasteiger partial charge in [0.15, 0.2) is 0 Å². The molecule has 0 spiro atoms. The third-order valence-corrected chi connectivity index (χ3v) is 1.33. The van der Waals surface area contributed by atoms with Gasteiger partial charge in [0.1, 0.15) is 0 Å². The summed E-state index contributed by atoms with van der Waals surface area (Å²) >= 11 is 0. The zero-order valence-corrected chi connectivity index (χ0v) is 6.14. The predicted molar refractivity (Wildman–Crippen MR) is 40.3 cm³/mol. The summed E-state index contributed by atoms with van der Waals surface area (Å²) in [7, 11) is 0. The summed E-state index contributed by atoms with van der Waals surface area (Å²) in [6.07, 6.45) is 5.54. The Bertz CT molecular complexity index is 69.0. The summed E-state index contributed by atoms with van der Waals surface area (Å²) in [5, 5.41) is 9.13. The molecule has 0 aromatic heterocycles. The molecule has 0 aliphatic carbocycles. The molecule has 0 bridgehead atoms. The second kappa shape index (κ2) is 5.83. The van der Waals surface area contributed by atoms with Crippen LogP contribution in [-0.2, 0) is 0 Å². The summed E-state index contributed by atoms with van der Waals surface area (Å²) in [6, 6.07) is 0. The van der Waals surface area contributed by atoms with Gasteiger partial charge >= 0.3 is 0 Å². The highest BCUT2D eigenvalue weighted by Crippen LogP contribution is 2.03. The summed E-state index contributed by atoms with van der Waals surface area (Å²) < 4.78 is 0. The van der Waals surface area contributed by atoms with E-state index in [1.165, 1.54) is 0 Å². The number of aliphatic hydroxyl groups is 1. The van der Waals surface area contributed by atoms with Crippen LogP contribution in [0.25, 0.3) is 0 Å². The van der Waals surface area contributed by atoms with Crippen molar-refractivity contribution in [2.75, 3.05) is 0 Å². The molecule has 0 rings (SSSR count). The van der Waals surface area contributed by atoms with Crippen LogP contribution < -0.4 is 0 Å². The van der Waals surface area contributed by atoms with Crippen LogP contribution in [-0.4, -0.2) is 11.2 Å². The molecule has 0 fully saturated rings. The molecular formula is C8H16O. The molecule has 0 aliphatic heterocycles. The lowest BCUT2D eigenvalue weighted by molar-refractivity contribution is 0.155. The maximum absolute atomic E-state index is 9.13. The maximum Gasteiger partial charge on any atom is 0.0543 e. The van der Waals surface area contributed by atoms with E-state index in [9.17, 15) is 0 Å². The first kappa shape index (κ1) is 8.70. The van der Waals surface area contributed by atoms with Gasteiger partial charge in [0.2, 0.25) is 0 Å². The molecule has 54 valence electrons. The maximum atomic E-state index is 9.13. The smallest absolute Gasteiger partial charge is 0.0543 e. The third-order valence-electron chi connectivity index (χ3n) is 1.33. The van der Waals surface area contributed by atoms with Crippen LogP contribution in [0.15, 0.2) is 12.7 Å². The Morgan fingerprint density at radius 1 is 1.56 bits per heavy atom. The molecule has 0 amide bonds. The lowest BCUT2D eigenvalue weighted by atomic mass is 10.1. The SMILES string of the molecule is C=CCCC(O)CCC. The fourth-order valence-electron chi connectivity index (χ4n) is 0.788. The topological polar surface area (TPSA) is 20.2 Å². The monoisotopic (exact) mass is 128 g/mol. The second-order valence-corrected chi connectivity index (χ2v) is 2.31. The zero-order chi connectivity index (χ0) is 7.11. The van der Waals surface area contributed by atoms with E-state index in [1.807, 2.05) is 6.08 Å². The lowest BCUT2D eigenvalue weighted by Crippen LogP contribution is -2.03. The Morgan fingerprint density at radius 3 is 2.67 bits per heavy atom. The van der Waals surface area contributed by atoms with Gasteiger partial charge in [0.25, 0.3) is 0 Å². The van der Waals surface area contributed by atoms with E-state index in [0.717, 1.165) is 25.7 Å². The summed E-state index contributed by atoms with van der Waals surface area (Å²) in [5.74, 6) is 0. The molecule has 0 heterocycles. The molecule has 0 aromatic rings. The van der Waals surface area contributed by atoms with Crippen molar-refractivity contribution in [1.82, 2.24) is 0 Å². The van der Waals surface area contributed by atoms with Crippen molar-refractivity contribution in [2.45, 2.75) is 38.7 Å². The highest BCUT2D eigenvalue weighted by atomic mass is 16.3. The first-order valence-electron chi connectivity index (χ1n) is 3.60. The summed E-state index contributed by atoms with van der Waals surface area (Å²) in [5.41, 5.74) is 0. The number of rotatable bonds is 5. The van der Waals surface area contributed by atoms with Crippen molar-refractivity contribution in [3.05, 3.63) is 12.7 Å². The fraction of sp³-hybridized carbons (Fsp3) is 0.750. The zero-order valence-electron chi connectivity index (χ0n) is 6.14. The van der Waals surface area contributed by atoms with Crippen LogP contribution >= 0.6 is 0 Å². The molecule has 0 saturated heterocycles. The standard InChI is InChI=1S/C8H16O/c1-3-5-7-8(9)6-4-2/h3,8-9H,1,4-7H2,2H3. The average Bonchev–Trinajstić information content (AvgIpc) is 1.85. The minimum absolute atomic E-state index is 0.104. The number of hydrogen-bond donors (Lipinski definition) is 1. The molecule has 1 heteroatoms. The van der Waals surface area contributed by atoms with E-state index in [2.05, 4.69) is 13.5 Å². The first-order valence-corrected chi connectivity index (χ1v) is 3.60. The molecular weight excluding hydrogens is 112 g/mol. The minimum atomic E-state index is -0.104. The van der Waals surface area contributed by atoms with Crippen LogP contribution in [0.1, 0.15) is 32.6 Å². The highest BCUT2D eigenvalue weighted by Gasteiger charge is 1.98. The molecule has 1 N–H and O–H groups in total. The molecule has 1 atom stereocenters. The van der Waals surface area contributed by atoms with Gasteiger partial charge in [-0.15, -0.1) is 6.58 Å². The molecule has 0 aromatic carbocycles. The van der Waals surface area contributed by atoms with Gasteiger partial charge in [-0.2, -0.15) is 0 Å². The largest absolute Gasteiger partial charge is 0.393 e. The van der Waals surface area contributed by atoms with Gasteiger partial charge in [-0.25, -0.2) is 0 Å². The number of allylic oxidation sites excluding steroid dienone is 1. The van der Waals surface area contributed by atoms with Crippen molar-refractivity contribution < 1.29 is 5.11 Å². The first-order chi connectivity index (χ1) is 4.31. The van der Waals surface area contributed by atoms with Gasteiger partial charge in [0.05, 0.1) is 6.10 Å². The summed E-state index contributed by atoms with van der Waals surface area (Å²) in [6.45, 7) is 5.66. The fourth-order valence-corrected chi connectivity index (χ4v) is 0.788. The van der Waals surface area contributed by atoms with Crippen molar-refractivity contribution >= 4 is 0 Å². The van der Waals surface area contributed by atoms with Crippen LogP contribution in [0.3, 0.4) is 0 Å². The van der Waals surface area contributed by atoms with Crippen LogP contribution in [0, 0.1) is 0 Å². The van der Waals surface area contributed by atoms with E-state index in [-0.39, 0.29) is 6.10 Å². The van der Waals surface area contributed by atoms with Crippen molar-refractivity contribution in [3.8, 4) is 0 Å². The average molecular weight is 128 g/mol. The van der Waals surface area contributed by atoms with E-state index >= 15 is 0 Å². The quantitative estimate of drug-likeness (QED) is 0.562. The van der Waals surface area contributed by atoms with E-state index in [1.54, 1.807) is 0 Å². The second-order valence-electron chi connectivity index (χ2n) is 2.31. The Labute approximate surface area is 57.4 Å². The number of hydrogen-bond acceptors (Lipinski definition) is 1. The van der Waals surface area contributed by atoms with Gasteiger partial charge in [-0.05, 0) is 19.3 Å². The Balaban J connectivity index is 3.04. The van der Waals surface area contributed by atoms with Crippen LogP contribution in [0.5, 0.6) is 0 Å². The Kier molecular flexibility index (Phi) is 5.64. The van der Waals surface area contributed by atoms with Crippen molar-refractivity contribution in [3.63, 3.8) is 0 Å². The van der Waals surface area contributed by atoms with Crippen molar-refractivity contribution in [1.29, 1.82) is 0 Å². The molecule has 0 radical (unpaired) electrons. The van der Waals surface area contributed by atoms with Crippen molar-refractivity contribution in [2.24, 2.45) is 0 Å². The lowest BCUT2D eigenvalue weighted by Gasteiger charge is -2.05. The predicted octanol–water partition coefficient (Wildman–Crippen LogP) is 2.11. The Morgan fingerprint density at radius 2 is 2.22 bits per heavy atom. The van der Waals surface area contributed by atoms with Crippen LogP contribution in [0.4, 0.5) is 0 Å². The van der Waals surface area contributed by atoms with E-state index in [4.69, 9.17) is 5.11 Å². The van der Waals surface area contributed by atoms with Gasteiger partial charge < -0.3 is 5.11 Å². The third kappa shape index (κ3) is 5.57. The highest BCUT2D eigenvalue weighted by molar-refractivity contribution is 4.68. The van der Waals surface area contributed by atoms with E-state index in [0.29, 0.717) is 0 Å². The Hall–Kier alpha value is -0.300. The van der Waals surface area contributed by atoms with Gasteiger partial charge in [0, 0.05) is 0 Å².